The molecular weight excluding hydrogens is 341 g/mol. The van der Waals surface area contributed by atoms with Crippen molar-refractivity contribution in [2.75, 3.05) is 20.7 Å². The molecule has 0 unspecified atom stereocenters. The minimum atomic E-state index is -4.52. The summed E-state index contributed by atoms with van der Waals surface area (Å²) in [6, 6.07) is 0.773. The lowest BCUT2D eigenvalue weighted by molar-refractivity contribution is -0.138. The van der Waals surface area contributed by atoms with Gasteiger partial charge in [-0.05, 0) is 13.0 Å². The second-order valence-electron chi connectivity index (χ2n) is 4.29. The molecule has 0 fully saturated rings. The molecule has 0 bridgehead atoms. The predicted octanol–water partition coefficient (Wildman–Crippen LogP) is 3.81. The highest BCUT2D eigenvalue weighted by atomic mass is 35.5. The van der Waals surface area contributed by atoms with Crippen LogP contribution in [0.5, 0.6) is 0 Å². The van der Waals surface area contributed by atoms with Crippen molar-refractivity contribution in [3.05, 3.63) is 34.0 Å². The number of nitrogens with zero attached hydrogens (tertiary/aromatic N) is 2. The molecule has 0 aliphatic carbocycles. The highest BCUT2D eigenvalue weighted by molar-refractivity contribution is 8.04. The van der Waals surface area contributed by atoms with Crippen LogP contribution < -0.4 is 0 Å². The average Bonchev–Trinajstić information content (AvgIpc) is 2.38. The lowest BCUT2D eigenvalue weighted by Crippen LogP contribution is -2.11. The molecule has 1 heterocycles. The number of hydrogen-bond donors (Lipinski definition) is 0. The second kappa shape index (κ2) is 7.73. The van der Waals surface area contributed by atoms with Gasteiger partial charge in [0, 0.05) is 26.5 Å². The molecule has 0 atom stereocenters. The van der Waals surface area contributed by atoms with Gasteiger partial charge in [0.05, 0.1) is 17.2 Å². The summed E-state index contributed by atoms with van der Waals surface area (Å²) < 4.78 is 42.6. The van der Waals surface area contributed by atoms with Crippen LogP contribution in [0.25, 0.3) is 0 Å². The molecule has 4 nitrogen and oxygen atoms in total. The topological polar surface area (TPSA) is 42.4 Å². The van der Waals surface area contributed by atoms with Crippen LogP contribution in [0.4, 0.5) is 13.2 Å². The van der Waals surface area contributed by atoms with Gasteiger partial charge in [-0.1, -0.05) is 23.4 Å². The van der Waals surface area contributed by atoms with Crippen LogP contribution in [0.2, 0.25) is 5.02 Å². The van der Waals surface area contributed by atoms with Crippen LogP contribution in [0.15, 0.2) is 28.4 Å². The molecule has 0 aromatic carbocycles. The van der Waals surface area contributed by atoms with E-state index in [0.29, 0.717) is 6.20 Å². The molecule has 1 aromatic rings. The Balaban J connectivity index is 3.07. The van der Waals surface area contributed by atoms with Crippen LogP contribution in [0.3, 0.4) is 0 Å². The van der Waals surface area contributed by atoms with Crippen molar-refractivity contribution in [2.45, 2.75) is 18.1 Å². The molecule has 122 valence electrons. The molecule has 0 N–H and O–H groups in total. The fourth-order valence-corrected chi connectivity index (χ4v) is 2.48. The Morgan fingerprint density at radius 1 is 1.50 bits per heavy atom. The van der Waals surface area contributed by atoms with Crippen molar-refractivity contribution in [1.82, 2.24) is 9.88 Å². The first-order valence-electron chi connectivity index (χ1n) is 6.11. The summed E-state index contributed by atoms with van der Waals surface area (Å²) in [5.74, 6) is -0.598. The zero-order chi connectivity index (χ0) is 16.9. The number of rotatable bonds is 5. The maximum atomic E-state index is 12.6. The number of esters is 1. The highest BCUT2D eigenvalue weighted by Crippen LogP contribution is 2.36. The summed E-state index contributed by atoms with van der Waals surface area (Å²) in [4.78, 5) is 17.3. The summed E-state index contributed by atoms with van der Waals surface area (Å²) >= 11 is 6.67. The maximum absolute atomic E-state index is 12.6. The van der Waals surface area contributed by atoms with Gasteiger partial charge in [0.25, 0.3) is 0 Å². The molecule has 0 aliphatic heterocycles. The van der Waals surface area contributed by atoms with E-state index in [1.54, 1.807) is 25.9 Å². The molecule has 1 aromatic heterocycles. The minimum absolute atomic E-state index is 0.0934. The van der Waals surface area contributed by atoms with Gasteiger partial charge in [-0.3, -0.25) is 0 Å². The van der Waals surface area contributed by atoms with Gasteiger partial charge in [-0.15, -0.1) is 0 Å². The largest absolute Gasteiger partial charge is 0.462 e. The van der Waals surface area contributed by atoms with Crippen molar-refractivity contribution < 1.29 is 22.7 Å². The Labute approximate surface area is 135 Å². The number of aromatic nitrogens is 1. The van der Waals surface area contributed by atoms with Crippen molar-refractivity contribution in [3.63, 3.8) is 0 Å². The van der Waals surface area contributed by atoms with E-state index in [4.69, 9.17) is 16.3 Å². The molecule has 9 heteroatoms. The first-order chi connectivity index (χ1) is 10.1. The third kappa shape index (κ3) is 5.42. The molecule has 0 aliphatic rings. The monoisotopic (exact) mass is 354 g/mol. The zero-order valence-electron chi connectivity index (χ0n) is 12.1. The molecule has 0 saturated carbocycles. The predicted molar refractivity (Wildman–Crippen MR) is 78.5 cm³/mol. The normalized spacial score (nSPS) is 12.2. The standard InChI is InChI=1S/C13H14ClF3N2O2S/c1-4-21-12(20)10(7-19(2)3)22-11-9(14)5-8(6-18-11)13(15,16)17/h5-7H,4H2,1-3H3/b10-7+. The fourth-order valence-electron chi connectivity index (χ4n) is 1.32. The molecule has 0 spiro atoms. The van der Waals surface area contributed by atoms with Crippen LogP contribution in [-0.2, 0) is 15.7 Å². The summed E-state index contributed by atoms with van der Waals surface area (Å²) in [7, 11) is 3.39. The van der Waals surface area contributed by atoms with E-state index in [9.17, 15) is 18.0 Å². The van der Waals surface area contributed by atoms with Crippen LogP contribution in [0.1, 0.15) is 12.5 Å². The zero-order valence-corrected chi connectivity index (χ0v) is 13.6. The van der Waals surface area contributed by atoms with Gasteiger partial charge in [0.15, 0.2) is 0 Å². The molecule has 0 saturated heterocycles. The fraction of sp³-hybridized carbons (Fsp3) is 0.385. The van der Waals surface area contributed by atoms with Crippen LogP contribution >= 0.6 is 23.4 Å². The Bertz CT molecular complexity index is 577. The number of hydrogen-bond acceptors (Lipinski definition) is 5. The Kier molecular flexibility index (Phi) is 6.55. The van der Waals surface area contributed by atoms with E-state index < -0.39 is 17.7 Å². The number of ether oxygens (including phenoxy) is 1. The first kappa shape index (κ1) is 18.6. The number of carbonyl (C=O) groups is 1. The Morgan fingerprint density at radius 3 is 2.59 bits per heavy atom. The van der Waals surface area contributed by atoms with Crippen molar-refractivity contribution in [2.24, 2.45) is 0 Å². The number of thioether (sulfide) groups is 1. The molecule has 1 rings (SSSR count). The van der Waals surface area contributed by atoms with E-state index in [0.717, 1.165) is 17.8 Å². The summed E-state index contributed by atoms with van der Waals surface area (Å²) in [5, 5.41) is -0.0930. The van der Waals surface area contributed by atoms with E-state index in [2.05, 4.69) is 4.98 Å². The Hall–Kier alpha value is -1.41. The maximum Gasteiger partial charge on any atom is 0.417 e. The first-order valence-corrected chi connectivity index (χ1v) is 7.30. The van der Waals surface area contributed by atoms with Gasteiger partial charge in [0.2, 0.25) is 0 Å². The number of carbonyl (C=O) groups excluding carboxylic acids is 1. The van der Waals surface area contributed by atoms with Crippen molar-refractivity contribution >= 4 is 29.3 Å². The smallest absolute Gasteiger partial charge is 0.417 e. The molecule has 22 heavy (non-hydrogen) atoms. The minimum Gasteiger partial charge on any atom is -0.462 e. The van der Waals surface area contributed by atoms with Crippen LogP contribution in [-0.4, -0.2) is 36.6 Å². The van der Waals surface area contributed by atoms with Gasteiger partial charge in [-0.25, -0.2) is 9.78 Å². The summed E-state index contributed by atoms with van der Waals surface area (Å²) in [6.07, 6.45) is -2.37. The number of alkyl halides is 3. The second-order valence-corrected chi connectivity index (χ2v) is 5.73. The number of pyridine rings is 1. The van der Waals surface area contributed by atoms with E-state index in [-0.39, 0.29) is 21.6 Å². The SMILES string of the molecule is CCOC(=O)/C(=C\N(C)C)Sc1ncc(C(F)(F)F)cc1Cl. The summed E-state index contributed by atoms with van der Waals surface area (Å²) in [5.41, 5.74) is -0.948. The molecule has 0 amide bonds. The van der Waals surface area contributed by atoms with Crippen LogP contribution in [0, 0.1) is 0 Å². The highest BCUT2D eigenvalue weighted by Gasteiger charge is 2.31. The van der Waals surface area contributed by atoms with Gasteiger partial charge in [-0.2, -0.15) is 13.2 Å². The van der Waals surface area contributed by atoms with Crippen molar-refractivity contribution in [1.29, 1.82) is 0 Å². The molecular formula is C13H14ClF3N2O2S. The lowest BCUT2D eigenvalue weighted by atomic mass is 10.3. The summed E-state index contributed by atoms with van der Waals surface area (Å²) in [6.45, 7) is 1.83. The number of halogens is 4. The van der Waals surface area contributed by atoms with Crippen molar-refractivity contribution in [3.8, 4) is 0 Å². The van der Waals surface area contributed by atoms with Gasteiger partial charge < -0.3 is 9.64 Å². The average molecular weight is 355 g/mol. The van der Waals surface area contributed by atoms with E-state index in [1.165, 1.54) is 6.20 Å². The third-order valence-corrected chi connectivity index (χ3v) is 3.60. The third-order valence-electron chi connectivity index (χ3n) is 2.19. The van der Waals surface area contributed by atoms with Gasteiger partial charge >= 0.3 is 12.1 Å². The quantitative estimate of drug-likeness (QED) is 0.457. The lowest BCUT2D eigenvalue weighted by Gasteiger charge is -2.12. The van der Waals surface area contributed by atoms with Gasteiger partial charge in [0.1, 0.15) is 9.93 Å². The van der Waals surface area contributed by atoms with E-state index in [1.807, 2.05) is 0 Å². The Morgan fingerprint density at radius 2 is 2.14 bits per heavy atom. The molecule has 0 radical (unpaired) electrons. The van der Waals surface area contributed by atoms with E-state index >= 15 is 0 Å².